The van der Waals surface area contributed by atoms with E-state index in [4.69, 9.17) is 5.11 Å². The van der Waals surface area contributed by atoms with Crippen molar-refractivity contribution in [1.82, 2.24) is 10.2 Å². The topological polar surface area (TPSA) is 52.6 Å². The smallest absolute Gasteiger partial charge is 0.251 e. The van der Waals surface area contributed by atoms with Crippen LogP contribution in [0.4, 0.5) is 0 Å². The van der Waals surface area contributed by atoms with Crippen LogP contribution in [0.15, 0.2) is 24.3 Å². The van der Waals surface area contributed by atoms with Gasteiger partial charge in [0.1, 0.15) is 0 Å². The molecular weight excluding hydrogens is 252 g/mol. The molecule has 0 unspecified atom stereocenters. The molecule has 1 aromatic carbocycles. The minimum absolute atomic E-state index is 0.00206. The van der Waals surface area contributed by atoms with Crippen molar-refractivity contribution in [2.45, 2.75) is 38.8 Å². The van der Waals surface area contributed by atoms with Gasteiger partial charge in [-0.3, -0.25) is 4.79 Å². The molecule has 1 aromatic rings. The molecule has 0 spiro atoms. The first-order chi connectivity index (χ1) is 9.34. The molecule has 4 nitrogen and oxygen atoms in total. The third kappa shape index (κ3) is 5.72. The number of carbonyl (C=O) groups is 1. The van der Waals surface area contributed by atoms with E-state index < -0.39 is 0 Å². The molecule has 0 fully saturated rings. The highest BCUT2D eigenvalue weighted by Crippen LogP contribution is 2.13. The van der Waals surface area contributed by atoms with Gasteiger partial charge >= 0.3 is 0 Å². The maximum Gasteiger partial charge on any atom is 0.251 e. The summed E-state index contributed by atoms with van der Waals surface area (Å²) in [5.41, 5.74) is 1.22. The fourth-order valence-electron chi connectivity index (χ4n) is 2.04. The standard InChI is InChI=1S/C16H26N2O2/c1-16(2,10-5-11-18(3)4)17-15(20)14-8-6-13(12-19)7-9-14/h6-9,19H,5,10-12H2,1-4H3,(H,17,20). The highest BCUT2D eigenvalue weighted by molar-refractivity contribution is 5.94. The second kappa shape index (κ2) is 7.41. The van der Waals surface area contributed by atoms with E-state index in [0.717, 1.165) is 24.9 Å². The van der Waals surface area contributed by atoms with Gasteiger partial charge in [-0.15, -0.1) is 0 Å². The minimum Gasteiger partial charge on any atom is -0.392 e. The summed E-state index contributed by atoms with van der Waals surface area (Å²) in [6.45, 7) is 5.10. The lowest BCUT2D eigenvalue weighted by Crippen LogP contribution is -2.43. The van der Waals surface area contributed by atoms with Gasteiger partial charge in [-0.1, -0.05) is 12.1 Å². The SMILES string of the molecule is CN(C)CCCC(C)(C)NC(=O)c1ccc(CO)cc1. The molecule has 1 amide bonds. The molecule has 0 radical (unpaired) electrons. The summed E-state index contributed by atoms with van der Waals surface area (Å²) in [5.74, 6) is -0.0654. The van der Waals surface area contributed by atoms with Crippen molar-refractivity contribution in [2.75, 3.05) is 20.6 Å². The van der Waals surface area contributed by atoms with E-state index in [2.05, 4.69) is 10.2 Å². The zero-order chi connectivity index (χ0) is 15.2. The van der Waals surface area contributed by atoms with Gasteiger partial charge in [0.05, 0.1) is 6.61 Å². The number of hydrogen-bond donors (Lipinski definition) is 2. The Morgan fingerprint density at radius 2 is 1.85 bits per heavy atom. The quantitative estimate of drug-likeness (QED) is 0.802. The van der Waals surface area contributed by atoms with Crippen molar-refractivity contribution < 1.29 is 9.90 Å². The molecule has 2 N–H and O–H groups in total. The Bertz CT molecular complexity index is 425. The summed E-state index contributed by atoms with van der Waals surface area (Å²) in [7, 11) is 4.10. The van der Waals surface area contributed by atoms with Gasteiger partial charge in [0.15, 0.2) is 0 Å². The van der Waals surface area contributed by atoms with E-state index in [1.807, 2.05) is 27.9 Å². The highest BCUT2D eigenvalue weighted by atomic mass is 16.3. The van der Waals surface area contributed by atoms with Gasteiger partial charge in [0.25, 0.3) is 5.91 Å². The Morgan fingerprint density at radius 1 is 1.25 bits per heavy atom. The molecule has 0 aliphatic carbocycles. The van der Waals surface area contributed by atoms with Gasteiger partial charge < -0.3 is 15.3 Å². The number of aliphatic hydroxyl groups is 1. The minimum atomic E-state index is -0.220. The van der Waals surface area contributed by atoms with Crippen molar-refractivity contribution in [3.8, 4) is 0 Å². The van der Waals surface area contributed by atoms with Crippen LogP contribution in [0.25, 0.3) is 0 Å². The molecule has 0 aromatic heterocycles. The van der Waals surface area contributed by atoms with Crippen molar-refractivity contribution in [1.29, 1.82) is 0 Å². The van der Waals surface area contributed by atoms with Crippen molar-refractivity contribution in [3.05, 3.63) is 35.4 Å². The fraction of sp³-hybridized carbons (Fsp3) is 0.562. The number of carbonyl (C=O) groups excluding carboxylic acids is 1. The number of benzene rings is 1. The Hall–Kier alpha value is -1.39. The maximum absolute atomic E-state index is 12.2. The Kier molecular flexibility index (Phi) is 6.17. The van der Waals surface area contributed by atoms with Crippen LogP contribution in [0.5, 0.6) is 0 Å². The van der Waals surface area contributed by atoms with E-state index in [-0.39, 0.29) is 18.1 Å². The first-order valence-electron chi connectivity index (χ1n) is 7.01. The average Bonchev–Trinajstić information content (AvgIpc) is 2.37. The second-order valence-electron chi connectivity index (χ2n) is 6.10. The lowest BCUT2D eigenvalue weighted by molar-refractivity contribution is 0.0907. The Balaban J connectivity index is 2.54. The molecule has 112 valence electrons. The summed E-state index contributed by atoms with van der Waals surface area (Å²) >= 11 is 0. The van der Waals surface area contributed by atoms with Crippen LogP contribution in [0, 0.1) is 0 Å². The van der Waals surface area contributed by atoms with Crippen LogP contribution in [0.1, 0.15) is 42.6 Å². The number of aliphatic hydroxyl groups excluding tert-OH is 1. The summed E-state index contributed by atoms with van der Waals surface area (Å²) in [5, 5.41) is 12.1. The van der Waals surface area contributed by atoms with E-state index in [0.29, 0.717) is 5.56 Å². The molecule has 4 heteroatoms. The second-order valence-corrected chi connectivity index (χ2v) is 6.10. The molecule has 0 atom stereocenters. The van der Waals surface area contributed by atoms with Gasteiger partial charge in [0, 0.05) is 11.1 Å². The molecule has 0 aliphatic heterocycles. The first-order valence-corrected chi connectivity index (χ1v) is 7.01. The predicted molar refractivity (Wildman–Crippen MR) is 81.7 cm³/mol. The lowest BCUT2D eigenvalue weighted by Gasteiger charge is -2.27. The van der Waals surface area contributed by atoms with Crippen LogP contribution >= 0.6 is 0 Å². The summed E-state index contributed by atoms with van der Waals surface area (Å²) in [6, 6.07) is 7.04. The predicted octanol–water partition coefficient (Wildman–Crippen LogP) is 2.03. The molecule has 0 bridgehead atoms. The molecule has 0 saturated carbocycles. The van der Waals surface area contributed by atoms with E-state index >= 15 is 0 Å². The Labute approximate surface area is 121 Å². The van der Waals surface area contributed by atoms with Crippen LogP contribution in [0.2, 0.25) is 0 Å². The number of nitrogens with one attached hydrogen (secondary N) is 1. The monoisotopic (exact) mass is 278 g/mol. The number of nitrogens with zero attached hydrogens (tertiary/aromatic N) is 1. The molecule has 1 rings (SSSR count). The fourth-order valence-corrected chi connectivity index (χ4v) is 2.04. The lowest BCUT2D eigenvalue weighted by atomic mass is 9.97. The van der Waals surface area contributed by atoms with Crippen LogP contribution < -0.4 is 5.32 Å². The van der Waals surface area contributed by atoms with Gasteiger partial charge in [0.2, 0.25) is 0 Å². The van der Waals surface area contributed by atoms with Crippen LogP contribution in [-0.2, 0) is 6.61 Å². The number of rotatable bonds is 7. The van der Waals surface area contributed by atoms with Crippen molar-refractivity contribution in [3.63, 3.8) is 0 Å². The third-order valence-corrected chi connectivity index (χ3v) is 3.26. The van der Waals surface area contributed by atoms with E-state index in [1.165, 1.54) is 0 Å². The highest BCUT2D eigenvalue weighted by Gasteiger charge is 2.20. The normalized spacial score (nSPS) is 11.7. The first kappa shape index (κ1) is 16.7. The van der Waals surface area contributed by atoms with Gasteiger partial charge in [-0.25, -0.2) is 0 Å². The molecule has 0 heterocycles. The Morgan fingerprint density at radius 3 is 2.35 bits per heavy atom. The zero-order valence-corrected chi connectivity index (χ0v) is 12.9. The molecule has 20 heavy (non-hydrogen) atoms. The molecule has 0 saturated heterocycles. The maximum atomic E-state index is 12.2. The van der Waals surface area contributed by atoms with E-state index in [1.54, 1.807) is 24.3 Å². The molecule has 0 aliphatic rings. The van der Waals surface area contributed by atoms with Crippen LogP contribution in [0.3, 0.4) is 0 Å². The summed E-state index contributed by atoms with van der Waals surface area (Å²) in [6.07, 6.45) is 1.98. The van der Waals surface area contributed by atoms with E-state index in [9.17, 15) is 4.79 Å². The van der Waals surface area contributed by atoms with Gasteiger partial charge in [-0.2, -0.15) is 0 Å². The third-order valence-electron chi connectivity index (χ3n) is 3.26. The summed E-state index contributed by atoms with van der Waals surface area (Å²) in [4.78, 5) is 14.3. The average molecular weight is 278 g/mol. The molecular formula is C16H26N2O2. The number of hydrogen-bond acceptors (Lipinski definition) is 3. The van der Waals surface area contributed by atoms with Crippen molar-refractivity contribution >= 4 is 5.91 Å². The van der Waals surface area contributed by atoms with Crippen molar-refractivity contribution in [2.24, 2.45) is 0 Å². The van der Waals surface area contributed by atoms with Crippen LogP contribution in [-0.4, -0.2) is 42.1 Å². The number of amides is 1. The summed E-state index contributed by atoms with van der Waals surface area (Å²) < 4.78 is 0. The zero-order valence-electron chi connectivity index (χ0n) is 12.9. The van der Waals surface area contributed by atoms with Gasteiger partial charge in [-0.05, 0) is 65.0 Å². The largest absolute Gasteiger partial charge is 0.392 e.